The molecule has 5 heteroatoms. The standard InChI is InChI=1S/C18H38O4S/c1-3-5-7-9-11-13-15-18(23(20,21)22)16-17(19)14-12-10-8-6-4-2/h17-19H,3-16H2,1-2H3,(H,20,21,22). The highest BCUT2D eigenvalue weighted by Gasteiger charge is 2.25. The SMILES string of the molecule is CCCCCCCCC(CC(O)CCCCCCC)S(=O)(=O)O. The van der Waals surface area contributed by atoms with E-state index in [0.717, 1.165) is 32.1 Å². The fraction of sp³-hybridized carbons (Fsp3) is 1.00. The van der Waals surface area contributed by atoms with Gasteiger partial charge in [-0.2, -0.15) is 8.42 Å². The molecule has 0 saturated carbocycles. The maximum absolute atomic E-state index is 11.5. The highest BCUT2D eigenvalue weighted by atomic mass is 32.2. The summed E-state index contributed by atoms with van der Waals surface area (Å²) in [4.78, 5) is 0. The van der Waals surface area contributed by atoms with Crippen molar-refractivity contribution in [3.63, 3.8) is 0 Å². The summed E-state index contributed by atoms with van der Waals surface area (Å²) in [6.07, 6.45) is 12.7. The normalized spacial score (nSPS) is 14.8. The van der Waals surface area contributed by atoms with Crippen LogP contribution in [0.15, 0.2) is 0 Å². The second-order valence-corrected chi connectivity index (χ2v) is 8.48. The van der Waals surface area contributed by atoms with Crippen molar-refractivity contribution in [3.05, 3.63) is 0 Å². The zero-order chi connectivity index (χ0) is 17.6. The van der Waals surface area contributed by atoms with Gasteiger partial charge < -0.3 is 5.11 Å². The van der Waals surface area contributed by atoms with E-state index in [2.05, 4.69) is 13.8 Å². The molecule has 23 heavy (non-hydrogen) atoms. The van der Waals surface area contributed by atoms with Crippen LogP contribution in [0.2, 0.25) is 0 Å². The van der Waals surface area contributed by atoms with Gasteiger partial charge in [-0.05, 0) is 19.3 Å². The molecule has 0 aliphatic rings. The molecule has 0 aliphatic heterocycles. The molecule has 140 valence electrons. The average Bonchev–Trinajstić information content (AvgIpc) is 2.48. The van der Waals surface area contributed by atoms with Crippen LogP contribution in [0.5, 0.6) is 0 Å². The molecule has 0 aromatic carbocycles. The van der Waals surface area contributed by atoms with Crippen molar-refractivity contribution >= 4 is 10.1 Å². The van der Waals surface area contributed by atoms with Gasteiger partial charge in [0.05, 0.1) is 11.4 Å². The van der Waals surface area contributed by atoms with Crippen molar-refractivity contribution in [2.45, 2.75) is 115 Å². The van der Waals surface area contributed by atoms with Gasteiger partial charge in [0.1, 0.15) is 0 Å². The quantitative estimate of drug-likeness (QED) is 0.300. The Balaban J connectivity index is 4.00. The summed E-state index contributed by atoms with van der Waals surface area (Å²) >= 11 is 0. The van der Waals surface area contributed by atoms with Crippen molar-refractivity contribution in [3.8, 4) is 0 Å². The van der Waals surface area contributed by atoms with Crippen molar-refractivity contribution in [2.75, 3.05) is 0 Å². The van der Waals surface area contributed by atoms with Crippen LogP contribution in [0, 0.1) is 0 Å². The molecular formula is C18H38O4S. The monoisotopic (exact) mass is 350 g/mol. The number of hydrogen-bond donors (Lipinski definition) is 2. The minimum absolute atomic E-state index is 0.168. The predicted molar refractivity (Wildman–Crippen MR) is 97.3 cm³/mol. The van der Waals surface area contributed by atoms with Crippen molar-refractivity contribution in [1.82, 2.24) is 0 Å². The Morgan fingerprint density at radius 1 is 0.739 bits per heavy atom. The first-order chi connectivity index (χ1) is 10.9. The second kappa shape index (κ2) is 14.2. The van der Waals surface area contributed by atoms with Gasteiger partial charge in [0.15, 0.2) is 0 Å². The summed E-state index contributed by atoms with van der Waals surface area (Å²) < 4.78 is 32.4. The molecule has 0 spiro atoms. The largest absolute Gasteiger partial charge is 0.393 e. The zero-order valence-corrected chi connectivity index (χ0v) is 16.0. The molecule has 2 atom stereocenters. The van der Waals surface area contributed by atoms with Crippen LogP contribution in [0.1, 0.15) is 104 Å². The average molecular weight is 351 g/mol. The van der Waals surface area contributed by atoms with Crippen LogP contribution in [0.25, 0.3) is 0 Å². The van der Waals surface area contributed by atoms with E-state index in [1.54, 1.807) is 0 Å². The molecule has 0 amide bonds. The minimum Gasteiger partial charge on any atom is -0.393 e. The molecule has 0 saturated heterocycles. The Labute approximate surface area is 143 Å². The number of rotatable bonds is 16. The molecule has 0 aromatic rings. The molecule has 0 rings (SSSR count). The summed E-state index contributed by atoms with van der Waals surface area (Å²) in [5, 5.41) is 9.23. The first-order valence-corrected chi connectivity index (χ1v) is 11.1. The Morgan fingerprint density at radius 3 is 1.65 bits per heavy atom. The molecule has 0 aliphatic carbocycles. The van der Waals surface area contributed by atoms with Crippen LogP contribution < -0.4 is 0 Å². The Kier molecular flexibility index (Phi) is 14.2. The number of aliphatic hydroxyl groups excluding tert-OH is 1. The van der Waals surface area contributed by atoms with E-state index in [1.165, 1.54) is 38.5 Å². The van der Waals surface area contributed by atoms with E-state index < -0.39 is 21.5 Å². The molecule has 0 fully saturated rings. The Morgan fingerprint density at radius 2 is 1.17 bits per heavy atom. The molecule has 0 radical (unpaired) electrons. The van der Waals surface area contributed by atoms with Crippen LogP contribution in [-0.4, -0.2) is 29.4 Å². The molecule has 0 heterocycles. The summed E-state index contributed by atoms with van der Waals surface area (Å²) in [5.74, 6) is 0. The van der Waals surface area contributed by atoms with E-state index in [-0.39, 0.29) is 6.42 Å². The fourth-order valence-corrected chi connectivity index (χ4v) is 3.88. The van der Waals surface area contributed by atoms with Gasteiger partial charge >= 0.3 is 0 Å². The Hall–Kier alpha value is -0.130. The van der Waals surface area contributed by atoms with E-state index in [1.807, 2.05) is 0 Å². The lowest BCUT2D eigenvalue weighted by Crippen LogP contribution is -2.26. The van der Waals surface area contributed by atoms with E-state index in [9.17, 15) is 18.1 Å². The van der Waals surface area contributed by atoms with E-state index in [4.69, 9.17) is 0 Å². The maximum atomic E-state index is 11.5. The topological polar surface area (TPSA) is 74.6 Å². The zero-order valence-electron chi connectivity index (χ0n) is 15.2. The van der Waals surface area contributed by atoms with Gasteiger partial charge in [0.2, 0.25) is 0 Å². The lowest BCUT2D eigenvalue weighted by Gasteiger charge is -2.18. The van der Waals surface area contributed by atoms with Gasteiger partial charge in [-0.1, -0.05) is 84.5 Å². The first-order valence-electron chi connectivity index (χ1n) is 9.56. The van der Waals surface area contributed by atoms with Gasteiger partial charge in [-0.25, -0.2) is 0 Å². The van der Waals surface area contributed by atoms with Crippen molar-refractivity contribution in [2.24, 2.45) is 0 Å². The second-order valence-electron chi connectivity index (χ2n) is 6.79. The molecule has 0 bridgehead atoms. The van der Waals surface area contributed by atoms with Crippen molar-refractivity contribution in [1.29, 1.82) is 0 Å². The summed E-state index contributed by atoms with van der Waals surface area (Å²) in [5.41, 5.74) is 0. The van der Waals surface area contributed by atoms with Crippen LogP contribution in [0.4, 0.5) is 0 Å². The first kappa shape index (κ1) is 22.9. The lowest BCUT2D eigenvalue weighted by atomic mass is 10.0. The minimum atomic E-state index is -4.06. The van der Waals surface area contributed by atoms with Crippen molar-refractivity contribution < 1.29 is 18.1 Å². The molecule has 2 unspecified atom stereocenters. The Bertz CT molecular complexity index is 354. The molecule has 0 aromatic heterocycles. The van der Waals surface area contributed by atoms with E-state index >= 15 is 0 Å². The maximum Gasteiger partial charge on any atom is 0.267 e. The highest BCUT2D eigenvalue weighted by molar-refractivity contribution is 7.86. The number of unbranched alkanes of at least 4 members (excludes halogenated alkanes) is 9. The lowest BCUT2D eigenvalue weighted by molar-refractivity contribution is 0.146. The van der Waals surface area contributed by atoms with E-state index in [0.29, 0.717) is 12.8 Å². The van der Waals surface area contributed by atoms with Gasteiger partial charge in [0.25, 0.3) is 10.1 Å². The third kappa shape index (κ3) is 14.0. The molecular weight excluding hydrogens is 312 g/mol. The fourth-order valence-electron chi connectivity index (χ4n) is 2.95. The van der Waals surface area contributed by atoms with Crippen LogP contribution >= 0.6 is 0 Å². The molecule has 4 nitrogen and oxygen atoms in total. The summed E-state index contributed by atoms with van der Waals surface area (Å²) in [7, 11) is -4.06. The molecule has 2 N–H and O–H groups in total. The highest BCUT2D eigenvalue weighted by Crippen LogP contribution is 2.19. The summed E-state index contributed by atoms with van der Waals surface area (Å²) in [6, 6.07) is 0. The smallest absolute Gasteiger partial charge is 0.267 e. The van der Waals surface area contributed by atoms with Crippen LogP contribution in [0.3, 0.4) is 0 Å². The van der Waals surface area contributed by atoms with Gasteiger partial charge in [-0.3, -0.25) is 4.55 Å². The third-order valence-electron chi connectivity index (χ3n) is 4.48. The summed E-state index contributed by atoms with van der Waals surface area (Å²) in [6.45, 7) is 4.33. The third-order valence-corrected chi connectivity index (χ3v) is 5.75. The number of aliphatic hydroxyl groups is 1. The van der Waals surface area contributed by atoms with Gasteiger partial charge in [0, 0.05) is 0 Å². The number of hydrogen-bond acceptors (Lipinski definition) is 3. The van der Waals surface area contributed by atoms with Gasteiger partial charge in [-0.15, -0.1) is 0 Å². The van der Waals surface area contributed by atoms with Crippen LogP contribution in [-0.2, 0) is 10.1 Å². The predicted octanol–water partition coefficient (Wildman–Crippen LogP) is 5.10.